The molecule has 36 heavy (non-hydrogen) atoms. The normalized spacial score (nSPS) is 18.8. The van der Waals surface area contributed by atoms with Crippen LogP contribution in [0.2, 0.25) is 0 Å². The molecular weight excluding hydrogens is 499 g/mol. The van der Waals surface area contributed by atoms with Gasteiger partial charge in [0, 0.05) is 13.1 Å². The van der Waals surface area contributed by atoms with Gasteiger partial charge in [0.05, 0.1) is 24.3 Å². The first-order valence-electron chi connectivity index (χ1n) is 10.5. The molecule has 2 aromatic rings. The maximum absolute atomic E-state index is 13.5. The number of hydrogen-bond donors (Lipinski definition) is 1. The standard InChI is InChI=1S/C23H22F7N3O3/c1-32(2)7-8-33-19(34)21(31-20(33)35,15-3-5-18(24)6-4-15)13-36-12-14-9-16(22(25,26)27)11-17(10-14)23(28,29)30/h3-6,9-11H,7-8,12-13H2,1-2H3,(H,31,35). The second-order valence-electron chi connectivity index (χ2n) is 8.51. The largest absolute Gasteiger partial charge is 0.416 e. The molecule has 1 aliphatic rings. The van der Waals surface area contributed by atoms with E-state index in [1.54, 1.807) is 19.0 Å². The lowest BCUT2D eigenvalue weighted by molar-refractivity contribution is -0.143. The molecule has 0 saturated carbocycles. The summed E-state index contributed by atoms with van der Waals surface area (Å²) in [5, 5.41) is 2.50. The van der Waals surface area contributed by atoms with Crippen molar-refractivity contribution in [2.24, 2.45) is 0 Å². The number of ether oxygens (including phenoxy) is 1. The maximum Gasteiger partial charge on any atom is 0.416 e. The average Bonchev–Trinajstić information content (AvgIpc) is 3.01. The van der Waals surface area contributed by atoms with Crippen LogP contribution in [0.1, 0.15) is 22.3 Å². The molecule has 1 atom stereocenters. The number of alkyl halides is 6. The van der Waals surface area contributed by atoms with Gasteiger partial charge in [0.1, 0.15) is 5.82 Å². The van der Waals surface area contributed by atoms with Crippen molar-refractivity contribution in [2.45, 2.75) is 24.5 Å². The molecule has 0 aliphatic carbocycles. The quantitative estimate of drug-likeness (QED) is 0.414. The van der Waals surface area contributed by atoms with E-state index < -0.39 is 65.6 Å². The van der Waals surface area contributed by atoms with Crippen LogP contribution < -0.4 is 5.32 Å². The van der Waals surface area contributed by atoms with Crippen LogP contribution in [0.25, 0.3) is 0 Å². The maximum atomic E-state index is 13.5. The number of nitrogens with zero attached hydrogens (tertiary/aromatic N) is 2. The van der Waals surface area contributed by atoms with Gasteiger partial charge in [-0.05, 0) is 55.6 Å². The molecule has 6 nitrogen and oxygen atoms in total. The highest BCUT2D eigenvalue weighted by molar-refractivity contribution is 6.07. The van der Waals surface area contributed by atoms with Gasteiger partial charge >= 0.3 is 18.4 Å². The van der Waals surface area contributed by atoms with Crippen molar-refractivity contribution in [3.63, 3.8) is 0 Å². The van der Waals surface area contributed by atoms with Crippen molar-refractivity contribution in [3.8, 4) is 0 Å². The summed E-state index contributed by atoms with van der Waals surface area (Å²) in [6.07, 6.45) is -10.1. The lowest BCUT2D eigenvalue weighted by Crippen LogP contribution is -2.48. The minimum absolute atomic E-state index is 0.00316. The second kappa shape index (κ2) is 10.1. The van der Waals surface area contributed by atoms with E-state index in [9.17, 15) is 40.3 Å². The Balaban J connectivity index is 1.90. The fourth-order valence-corrected chi connectivity index (χ4v) is 3.67. The van der Waals surface area contributed by atoms with Gasteiger partial charge in [-0.1, -0.05) is 12.1 Å². The lowest BCUT2D eigenvalue weighted by atomic mass is 9.90. The molecule has 1 N–H and O–H groups in total. The fraction of sp³-hybridized carbons (Fsp3) is 0.391. The molecule has 2 aromatic carbocycles. The molecule has 0 spiro atoms. The Morgan fingerprint density at radius 1 is 0.944 bits per heavy atom. The number of halogens is 7. The van der Waals surface area contributed by atoms with Gasteiger partial charge in [-0.3, -0.25) is 9.69 Å². The highest BCUT2D eigenvalue weighted by Crippen LogP contribution is 2.37. The molecule has 0 radical (unpaired) electrons. The predicted molar refractivity (Wildman–Crippen MR) is 113 cm³/mol. The zero-order valence-corrected chi connectivity index (χ0v) is 19.1. The van der Waals surface area contributed by atoms with Crippen molar-refractivity contribution in [1.29, 1.82) is 0 Å². The first-order chi connectivity index (χ1) is 16.6. The van der Waals surface area contributed by atoms with E-state index >= 15 is 0 Å². The SMILES string of the molecule is CN(C)CCN1C(=O)NC(COCc2cc(C(F)(F)F)cc(C(F)(F)F)c2)(c2ccc(F)cc2)C1=O. The van der Waals surface area contributed by atoms with Crippen LogP contribution in [0.4, 0.5) is 35.5 Å². The second-order valence-corrected chi connectivity index (χ2v) is 8.51. The van der Waals surface area contributed by atoms with Crippen LogP contribution in [0, 0.1) is 5.82 Å². The fourth-order valence-electron chi connectivity index (χ4n) is 3.67. The summed E-state index contributed by atoms with van der Waals surface area (Å²) in [6, 6.07) is 4.80. The van der Waals surface area contributed by atoms with Gasteiger partial charge in [-0.15, -0.1) is 0 Å². The van der Waals surface area contributed by atoms with Crippen LogP contribution >= 0.6 is 0 Å². The molecular formula is C23H22F7N3O3. The van der Waals surface area contributed by atoms with Crippen molar-refractivity contribution in [1.82, 2.24) is 15.1 Å². The number of likely N-dealkylation sites (N-methyl/N-ethyl adjacent to an activating group) is 1. The van der Waals surface area contributed by atoms with Gasteiger partial charge in [-0.2, -0.15) is 26.3 Å². The number of benzene rings is 2. The molecule has 1 fully saturated rings. The molecule has 1 heterocycles. The Kier molecular flexibility index (Phi) is 7.65. The zero-order chi connectivity index (χ0) is 26.9. The summed E-state index contributed by atoms with van der Waals surface area (Å²) in [7, 11) is 3.44. The van der Waals surface area contributed by atoms with E-state index in [1.165, 1.54) is 12.1 Å². The molecule has 3 amide bonds. The highest BCUT2D eigenvalue weighted by atomic mass is 19.4. The van der Waals surface area contributed by atoms with Crippen LogP contribution in [-0.2, 0) is 34.0 Å². The molecule has 3 rings (SSSR count). The van der Waals surface area contributed by atoms with Gasteiger partial charge in [0.15, 0.2) is 5.54 Å². The van der Waals surface area contributed by atoms with Gasteiger partial charge in [0.2, 0.25) is 0 Å². The summed E-state index contributed by atoms with van der Waals surface area (Å²) < 4.78 is 97.8. The number of hydrogen-bond acceptors (Lipinski definition) is 4. The number of carbonyl (C=O) groups is 2. The number of carbonyl (C=O) groups excluding carboxylic acids is 2. The van der Waals surface area contributed by atoms with Crippen LogP contribution in [0.3, 0.4) is 0 Å². The highest BCUT2D eigenvalue weighted by Gasteiger charge is 2.52. The molecule has 1 saturated heterocycles. The predicted octanol–water partition coefficient (Wildman–Crippen LogP) is 4.39. The molecule has 1 aliphatic heterocycles. The number of imide groups is 1. The smallest absolute Gasteiger partial charge is 0.373 e. The lowest BCUT2D eigenvalue weighted by Gasteiger charge is -2.27. The Bertz CT molecular complexity index is 1090. The number of urea groups is 1. The summed E-state index contributed by atoms with van der Waals surface area (Å²) >= 11 is 0. The Hall–Kier alpha value is -3.19. The van der Waals surface area contributed by atoms with Crippen LogP contribution in [0.5, 0.6) is 0 Å². The summed E-state index contributed by atoms with van der Waals surface area (Å²) in [5.41, 5.74) is -5.18. The third kappa shape index (κ3) is 5.95. The van der Waals surface area contributed by atoms with E-state index in [0.717, 1.165) is 17.0 Å². The van der Waals surface area contributed by atoms with E-state index in [2.05, 4.69) is 5.32 Å². The van der Waals surface area contributed by atoms with Gasteiger partial charge in [-0.25, -0.2) is 9.18 Å². The topological polar surface area (TPSA) is 61.9 Å². The van der Waals surface area contributed by atoms with Crippen LogP contribution in [-0.4, -0.2) is 55.5 Å². The van der Waals surface area contributed by atoms with Crippen LogP contribution in [0.15, 0.2) is 42.5 Å². The summed E-state index contributed by atoms with van der Waals surface area (Å²) in [5.74, 6) is -1.37. The number of rotatable bonds is 8. The Labute approximate surface area is 201 Å². The van der Waals surface area contributed by atoms with Crippen molar-refractivity contribution >= 4 is 11.9 Å². The van der Waals surface area contributed by atoms with Crippen molar-refractivity contribution in [2.75, 3.05) is 33.8 Å². The Morgan fingerprint density at radius 2 is 1.50 bits per heavy atom. The average molecular weight is 521 g/mol. The third-order valence-corrected chi connectivity index (χ3v) is 5.52. The molecule has 1 unspecified atom stereocenters. The first kappa shape index (κ1) is 27.4. The number of nitrogens with one attached hydrogen (secondary N) is 1. The number of amides is 3. The first-order valence-corrected chi connectivity index (χ1v) is 10.5. The van der Waals surface area contributed by atoms with E-state index in [-0.39, 0.29) is 18.2 Å². The Morgan fingerprint density at radius 3 is 2.00 bits per heavy atom. The van der Waals surface area contributed by atoms with E-state index in [1.807, 2.05) is 0 Å². The summed E-state index contributed by atoms with van der Waals surface area (Å²) in [4.78, 5) is 28.5. The van der Waals surface area contributed by atoms with Crippen molar-refractivity contribution < 1.29 is 45.1 Å². The molecule has 0 bridgehead atoms. The minimum atomic E-state index is -5.03. The monoisotopic (exact) mass is 521 g/mol. The molecule has 0 aromatic heterocycles. The zero-order valence-electron chi connectivity index (χ0n) is 19.1. The van der Waals surface area contributed by atoms with Gasteiger partial charge < -0.3 is 15.0 Å². The van der Waals surface area contributed by atoms with Gasteiger partial charge in [0.25, 0.3) is 5.91 Å². The molecule has 196 valence electrons. The summed E-state index contributed by atoms with van der Waals surface area (Å²) in [6.45, 7) is -1.02. The van der Waals surface area contributed by atoms with Crippen molar-refractivity contribution in [3.05, 3.63) is 70.5 Å². The van der Waals surface area contributed by atoms with E-state index in [4.69, 9.17) is 4.74 Å². The third-order valence-electron chi connectivity index (χ3n) is 5.52. The minimum Gasteiger partial charge on any atom is -0.373 e. The molecule has 13 heteroatoms. The van der Waals surface area contributed by atoms with E-state index in [0.29, 0.717) is 18.7 Å².